The number of ether oxygens (including phenoxy) is 1. The molecule has 0 bridgehead atoms. The van der Waals surface area contributed by atoms with Crippen molar-refractivity contribution in [2.75, 3.05) is 0 Å². The number of hydrogen-bond acceptors (Lipinski definition) is 2. The summed E-state index contributed by atoms with van der Waals surface area (Å²) in [6.07, 6.45) is 0.744. The summed E-state index contributed by atoms with van der Waals surface area (Å²) in [4.78, 5) is 11.1. The smallest absolute Gasteiger partial charge is 0.320 e. The Hall–Kier alpha value is -0.830. The fraction of sp³-hybridized carbons (Fsp3) is 0.364. The van der Waals surface area contributed by atoms with Crippen molar-refractivity contribution in [2.45, 2.75) is 24.8 Å². The molecule has 1 aromatic carbocycles. The molecule has 0 saturated heterocycles. The highest BCUT2D eigenvalue weighted by Crippen LogP contribution is 2.08. The van der Waals surface area contributed by atoms with Crippen LogP contribution in [0.1, 0.15) is 18.9 Å². The number of hydrogen-bond donors (Lipinski definition) is 0. The first kappa shape index (κ1) is 11.2. The lowest BCUT2D eigenvalue weighted by Crippen LogP contribution is -2.16. The van der Waals surface area contributed by atoms with E-state index in [9.17, 15) is 4.79 Å². The van der Waals surface area contributed by atoms with Crippen molar-refractivity contribution in [1.82, 2.24) is 0 Å². The lowest BCUT2D eigenvalue weighted by molar-refractivity contribution is -0.144. The van der Waals surface area contributed by atoms with Gasteiger partial charge >= 0.3 is 5.97 Å². The largest absolute Gasteiger partial charge is 0.460 e. The molecule has 0 aliphatic carbocycles. The second-order valence-corrected chi connectivity index (χ2v) is 4.07. The van der Waals surface area contributed by atoms with E-state index in [4.69, 9.17) is 4.74 Å². The van der Waals surface area contributed by atoms with Gasteiger partial charge in [0.15, 0.2) is 0 Å². The summed E-state index contributed by atoms with van der Waals surface area (Å²) in [5.41, 5.74) is 1.01. The van der Waals surface area contributed by atoms with Gasteiger partial charge in [0.1, 0.15) is 11.4 Å². The molecule has 0 amide bonds. The van der Waals surface area contributed by atoms with E-state index in [2.05, 4.69) is 15.9 Å². The van der Waals surface area contributed by atoms with Crippen LogP contribution in [-0.4, -0.2) is 10.8 Å². The highest BCUT2D eigenvalue weighted by molar-refractivity contribution is 9.10. The summed E-state index contributed by atoms with van der Waals surface area (Å²) in [7, 11) is 0. The molecule has 3 heteroatoms. The Morgan fingerprint density at radius 3 is 2.64 bits per heavy atom. The summed E-state index contributed by atoms with van der Waals surface area (Å²) in [5.74, 6) is -0.198. The van der Waals surface area contributed by atoms with Crippen LogP contribution >= 0.6 is 15.9 Å². The lowest BCUT2D eigenvalue weighted by Gasteiger charge is -2.07. The van der Waals surface area contributed by atoms with E-state index in [1.807, 2.05) is 37.3 Å². The minimum atomic E-state index is -0.198. The number of benzene rings is 1. The molecule has 0 saturated carbocycles. The average Bonchev–Trinajstić information content (AvgIpc) is 2.26. The van der Waals surface area contributed by atoms with Crippen LogP contribution in [0.2, 0.25) is 0 Å². The van der Waals surface area contributed by atoms with Crippen molar-refractivity contribution in [2.24, 2.45) is 0 Å². The molecule has 2 nitrogen and oxygen atoms in total. The van der Waals surface area contributed by atoms with Crippen molar-refractivity contribution in [3.63, 3.8) is 0 Å². The van der Waals surface area contributed by atoms with Gasteiger partial charge in [0.05, 0.1) is 0 Å². The van der Waals surface area contributed by atoms with Crippen molar-refractivity contribution < 1.29 is 9.53 Å². The van der Waals surface area contributed by atoms with Gasteiger partial charge in [-0.05, 0) is 12.0 Å². The molecule has 0 aliphatic heterocycles. The molecular formula is C11H13BrO2. The van der Waals surface area contributed by atoms with Gasteiger partial charge < -0.3 is 4.74 Å². The molecule has 0 aromatic heterocycles. The molecule has 14 heavy (non-hydrogen) atoms. The molecule has 0 radical (unpaired) electrons. The predicted molar refractivity (Wildman–Crippen MR) is 59.2 cm³/mol. The summed E-state index contributed by atoms with van der Waals surface area (Å²) in [5, 5.41) is 0. The van der Waals surface area contributed by atoms with Crippen LogP contribution in [-0.2, 0) is 16.1 Å². The van der Waals surface area contributed by atoms with Crippen LogP contribution in [0.15, 0.2) is 30.3 Å². The Labute approximate surface area is 92.4 Å². The zero-order valence-electron chi connectivity index (χ0n) is 8.07. The van der Waals surface area contributed by atoms with E-state index in [1.54, 1.807) is 0 Å². The van der Waals surface area contributed by atoms with Crippen LogP contribution in [0.3, 0.4) is 0 Å². The van der Waals surface area contributed by atoms with Crippen LogP contribution in [0, 0.1) is 0 Å². The van der Waals surface area contributed by atoms with E-state index in [-0.39, 0.29) is 10.8 Å². The Morgan fingerprint density at radius 1 is 1.43 bits per heavy atom. The Balaban J connectivity index is 2.38. The fourth-order valence-electron chi connectivity index (χ4n) is 0.986. The zero-order valence-corrected chi connectivity index (χ0v) is 9.66. The van der Waals surface area contributed by atoms with Crippen molar-refractivity contribution in [3.05, 3.63) is 35.9 Å². The SMILES string of the molecule is CC[C@H](Br)C(=O)OCc1ccccc1. The molecule has 0 spiro atoms. The first-order valence-corrected chi connectivity index (χ1v) is 5.50. The van der Waals surface area contributed by atoms with E-state index >= 15 is 0 Å². The number of esters is 1. The number of carbonyl (C=O) groups is 1. The molecule has 1 aromatic rings. The van der Waals surface area contributed by atoms with E-state index in [0.29, 0.717) is 6.61 Å². The molecule has 76 valence electrons. The Kier molecular flexibility index (Phi) is 4.66. The van der Waals surface area contributed by atoms with Crippen molar-refractivity contribution in [3.8, 4) is 0 Å². The van der Waals surface area contributed by atoms with E-state index < -0.39 is 0 Å². The monoisotopic (exact) mass is 256 g/mol. The van der Waals surface area contributed by atoms with Gasteiger partial charge in [-0.15, -0.1) is 0 Å². The lowest BCUT2D eigenvalue weighted by atomic mass is 10.2. The summed E-state index contributed by atoms with van der Waals surface area (Å²) < 4.78 is 5.09. The molecule has 0 N–H and O–H groups in total. The normalized spacial score (nSPS) is 12.1. The molecular weight excluding hydrogens is 244 g/mol. The van der Waals surface area contributed by atoms with Crippen molar-refractivity contribution in [1.29, 1.82) is 0 Å². The first-order chi connectivity index (χ1) is 6.74. The maximum Gasteiger partial charge on any atom is 0.320 e. The van der Waals surface area contributed by atoms with Gasteiger partial charge in [0, 0.05) is 0 Å². The predicted octanol–water partition coefficient (Wildman–Crippen LogP) is 2.90. The molecule has 0 aliphatic rings. The quantitative estimate of drug-likeness (QED) is 0.612. The minimum Gasteiger partial charge on any atom is -0.460 e. The topological polar surface area (TPSA) is 26.3 Å². The van der Waals surface area contributed by atoms with Crippen molar-refractivity contribution >= 4 is 21.9 Å². The third kappa shape index (κ3) is 3.50. The molecule has 0 heterocycles. The second-order valence-electron chi connectivity index (χ2n) is 2.97. The number of rotatable bonds is 4. The molecule has 0 fully saturated rings. The third-order valence-electron chi connectivity index (χ3n) is 1.84. The Bertz CT molecular complexity index is 285. The summed E-state index contributed by atoms with van der Waals surface area (Å²) in [6.45, 7) is 2.28. The maximum absolute atomic E-state index is 11.3. The molecule has 1 atom stereocenters. The zero-order chi connectivity index (χ0) is 10.4. The van der Waals surface area contributed by atoms with Gasteiger partial charge in [0.25, 0.3) is 0 Å². The summed E-state index contributed by atoms with van der Waals surface area (Å²) in [6, 6.07) is 9.65. The highest BCUT2D eigenvalue weighted by atomic mass is 79.9. The van der Waals surface area contributed by atoms with Crippen LogP contribution < -0.4 is 0 Å². The third-order valence-corrected chi connectivity index (χ3v) is 2.86. The van der Waals surface area contributed by atoms with E-state index in [1.165, 1.54) is 0 Å². The summed E-state index contributed by atoms with van der Waals surface area (Å²) >= 11 is 3.24. The van der Waals surface area contributed by atoms with Gasteiger partial charge in [-0.25, -0.2) is 0 Å². The van der Waals surface area contributed by atoms with Gasteiger partial charge in [0.2, 0.25) is 0 Å². The first-order valence-electron chi connectivity index (χ1n) is 4.58. The van der Waals surface area contributed by atoms with Gasteiger partial charge in [-0.1, -0.05) is 53.2 Å². The van der Waals surface area contributed by atoms with Crippen LogP contribution in [0.4, 0.5) is 0 Å². The number of carbonyl (C=O) groups excluding carboxylic acids is 1. The highest BCUT2D eigenvalue weighted by Gasteiger charge is 2.13. The standard InChI is InChI=1S/C11H13BrO2/c1-2-10(12)11(13)14-8-9-6-4-3-5-7-9/h3-7,10H,2,8H2,1H3/t10-/m0/s1. The second kappa shape index (κ2) is 5.81. The van der Waals surface area contributed by atoms with E-state index in [0.717, 1.165) is 12.0 Å². The number of alkyl halides is 1. The van der Waals surface area contributed by atoms with Crippen LogP contribution in [0.5, 0.6) is 0 Å². The average molecular weight is 257 g/mol. The van der Waals surface area contributed by atoms with Gasteiger partial charge in [-0.3, -0.25) is 4.79 Å². The fourth-order valence-corrected chi connectivity index (χ4v) is 1.12. The minimum absolute atomic E-state index is 0.189. The molecule has 0 unspecified atom stereocenters. The number of halogens is 1. The van der Waals surface area contributed by atoms with Gasteiger partial charge in [-0.2, -0.15) is 0 Å². The Morgan fingerprint density at radius 2 is 2.07 bits per heavy atom. The molecule has 1 rings (SSSR count). The maximum atomic E-state index is 11.3. The van der Waals surface area contributed by atoms with Crippen LogP contribution in [0.25, 0.3) is 0 Å².